The Hall–Kier alpha value is -0.0800. The smallest absolute Gasteiger partial charge is 0.0587 e. The summed E-state index contributed by atoms with van der Waals surface area (Å²) in [5.41, 5.74) is 0.675. The first-order valence-electron chi connectivity index (χ1n) is 6.17. The molecular weight excluding hydrogens is 174 g/mol. The summed E-state index contributed by atoms with van der Waals surface area (Å²) >= 11 is 0. The summed E-state index contributed by atoms with van der Waals surface area (Å²) in [7, 11) is 0. The van der Waals surface area contributed by atoms with Gasteiger partial charge in [0.05, 0.1) is 6.10 Å². The molecule has 1 aliphatic heterocycles. The molecule has 14 heavy (non-hydrogen) atoms. The Morgan fingerprint density at radius 3 is 2.57 bits per heavy atom. The summed E-state index contributed by atoms with van der Waals surface area (Å²) in [6.45, 7) is 5.72. The van der Waals surface area contributed by atoms with Crippen molar-refractivity contribution in [2.75, 3.05) is 19.7 Å². The molecule has 0 atom stereocenters. The van der Waals surface area contributed by atoms with Gasteiger partial charge in [0.15, 0.2) is 0 Å². The molecule has 1 saturated heterocycles. The average Bonchev–Trinajstić information content (AvgIpc) is 2.04. The summed E-state index contributed by atoms with van der Waals surface area (Å²) in [6.07, 6.45) is 8.51. The fourth-order valence-electron chi connectivity index (χ4n) is 2.57. The highest BCUT2D eigenvalue weighted by Gasteiger charge is 2.48. The lowest BCUT2D eigenvalue weighted by Crippen LogP contribution is -2.62. The fourth-order valence-corrected chi connectivity index (χ4v) is 2.57. The number of rotatable bonds is 6. The Morgan fingerprint density at radius 1 is 1.21 bits per heavy atom. The molecule has 0 aromatic rings. The first-order valence-corrected chi connectivity index (χ1v) is 6.17. The quantitative estimate of drug-likeness (QED) is 0.660. The molecule has 2 rings (SSSR count). The van der Waals surface area contributed by atoms with Crippen LogP contribution in [0.2, 0.25) is 0 Å². The molecule has 2 heteroatoms. The monoisotopic (exact) mass is 197 g/mol. The molecule has 0 amide bonds. The highest BCUT2D eigenvalue weighted by molar-refractivity contribution is 5.03. The summed E-state index contributed by atoms with van der Waals surface area (Å²) in [4.78, 5) is 0. The summed E-state index contributed by atoms with van der Waals surface area (Å²) in [6, 6.07) is 0. The van der Waals surface area contributed by atoms with Gasteiger partial charge in [-0.05, 0) is 19.3 Å². The average molecular weight is 197 g/mol. The Morgan fingerprint density at radius 2 is 2.00 bits per heavy atom. The van der Waals surface area contributed by atoms with Gasteiger partial charge in [0.2, 0.25) is 0 Å². The van der Waals surface area contributed by atoms with E-state index < -0.39 is 0 Å². The molecule has 2 nitrogen and oxygen atoms in total. The second-order valence-electron chi connectivity index (χ2n) is 5.07. The van der Waals surface area contributed by atoms with E-state index in [1.807, 2.05) is 0 Å². The highest BCUT2D eigenvalue weighted by Crippen LogP contribution is 2.45. The third-order valence-corrected chi connectivity index (χ3v) is 3.67. The van der Waals surface area contributed by atoms with Gasteiger partial charge in [0.25, 0.3) is 0 Å². The maximum atomic E-state index is 5.83. The van der Waals surface area contributed by atoms with Crippen molar-refractivity contribution in [1.82, 2.24) is 5.32 Å². The van der Waals surface area contributed by atoms with Crippen molar-refractivity contribution in [3.8, 4) is 0 Å². The van der Waals surface area contributed by atoms with Gasteiger partial charge in [-0.1, -0.05) is 26.2 Å². The highest BCUT2D eigenvalue weighted by atomic mass is 16.5. The number of hydrogen-bond donors (Lipinski definition) is 1. The van der Waals surface area contributed by atoms with Crippen LogP contribution in [0, 0.1) is 5.41 Å². The molecule has 2 aliphatic rings. The molecule has 1 N–H and O–H groups in total. The van der Waals surface area contributed by atoms with Gasteiger partial charge in [-0.25, -0.2) is 0 Å². The third kappa shape index (κ3) is 2.29. The van der Waals surface area contributed by atoms with Gasteiger partial charge in [0, 0.05) is 25.1 Å². The van der Waals surface area contributed by atoms with E-state index in [-0.39, 0.29) is 0 Å². The summed E-state index contributed by atoms with van der Waals surface area (Å²) in [5, 5.41) is 3.35. The SMILES string of the molecule is CCCCCCOC1CC2(CNC2)C1. The maximum absolute atomic E-state index is 5.83. The molecule has 1 aliphatic carbocycles. The van der Waals surface area contributed by atoms with Crippen LogP contribution in [0.1, 0.15) is 45.4 Å². The van der Waals surface area contributed by atoms with Crippen molar-refractivity contribution < 1.29 is 4.74 Å². The van der Waals surface area contributed by atoms with E-state index in [4.69, 9.17) is 4.74 Å². The number of unbranched alkanes of at least 4 members (excludes halogenated alkanes) is 3. The lowest BCUT2D eigenvalue weighted by molar-refractivity contribution is -0.103. The van der Waals surface area contributed by atoms with Crippen LogP contribution in [0.3, 0.4) is 0 Å². The molecule has 0 unspecified atom stereocenters. The Kier molecular flexibility index (Phi) is 3.45. The predicted octanol–water partition coefficient (Wildman–Crippen LogP) is 2.34. The van der Waals surface area contributed by atoms with Crippen LogP contribution in [0.25, 0.3) is 0 Å². The van der Waals surface area contributed by atoms with Gasteiger partial charge >= 0.3 is 0 Å². The third-order valence-electron chi connectivity index (χ3n) is 3.67. The second-order valence-corrected chi connectivity index (χ2v) is 5.07. The molecule has 0 aromatic carbocycles. The van der Waals surface area contributed by atoms with Crippen molar-refractivity contribution in [2.24, 2.45) is 5.41 Å². The Bertz CT molecular complexity index is 169. The Balaban J connectivity index is 1.44. The van der Waals surface area contributed by atoms with Crippen molar-refractivity contribution in [1.29, 1.82) is 0 Å². The number of ether oxygens (including phenoxy) is 1. The maximum Gasteiger partial charge on any atom is 0.0587 e. The van der Waals surface area contributed by atoms with Crippen molar-refractivity contribution >= 4 is 0 Å². The topological polar surface area (TPSA) is 21.3 Å². The normalized spacial score (nSPS) is 24.6. The van der Waals surface area contributed by atoms with Crippen LogP contribution < -0.4 is 5.32 Å². The van der Waals surface area contributed by atoms with Gasteiger partial charge in [0.1, 0.15) is 0 Å². The van der Waals surface area contributed by atoms with Crippen molar-refractivity contribution in [2.45, 2.75) is 51.6 Å². The lowest BCUT2D eigenvalue weighted by Gasteiger charge is -2.54. The molecule has 82 valence electrons. The molecule has 0 bridgehead atoms. The zero-order valence-corrected chi connectivity index (χ0v) is 9.35. The van der Waals surface area contributed by atoms with E-state index in [1.165, 1.54) is 51.6 Å². The predicted molar refractivity (Wildman–Crippen MR) is 58.4 cm³/mol. The van der Waals surface area contributed by atoms with Crippen LogP contribution in [-0.2, 0) is 4.74 Å². The molecule has 1 heterocycles. The molecule has 1 saturated carbocycles. The molecular formula is C12H23NO. The van der Waals surface area contributed by atoms with Crippen molar-refractivity contribution in [3.05, 3.63) is 0 Å². The van der Waals surface area contributed by atoms with E-state index in [0.29, 0.717) is 11.5 Å². The standard InChI is InChI=1S/C12H23NO/c1-2-3-4-5-6-14-11-7-12(8-11)9-13-10-12/h11,13H,2-10H2,1H3. The minimum atomic E-state index is 0.596. The first kappa shape index (κ1) is 10.4. The van der Waals surface area contributed by atoms with Gasteiger partial charge in [-0.3, -0.25) is 0 Å². The van der Waals surface area contributed by atoms with E-state index in [9.17, 15) is 0 Å². The van der Waals surface area contributed by atoms with Gasteiger partial charge < -0.3 is 10.1 Å². The van der Waals surface area contributed by atoms with Gasteiger partial charge in [-0.15, -0.1) is 0 Å². The van der Waals surface area contributed by atoms with Crippen LogP contribution >= 0.6 is 0 Å². The summed E-state index contributed by atoms with van der Waals surface area (Å²) < 4.78 is 5.83. The van der Waals surface area contributed by atoms with Crippen LogP contribution in [0.5, 0.6) is 0 Å². The van der Waals surface area contributed by atoms with E-state index in [0.717, 1.165) is 6.61 Å². The van der Waals surface area contributed by atoms with Gasteiger partial charge in [-0.2, -0.15) is 0 Å². The number of nitrogens with one attached hydrogen (secondary N) is 1. The first-order chi connectivity index (χ1) is 6.85. The van der Waals surface area contributed by atoms with Crippen LogP contribution in [0.4, 0.5) is 0 Å². The number of hydrogen-bond acceptors (Lipinski definition) is 2. The molecule has 0 aromatic heterocycles. The molecule has 0 radical (unpaired) electrons. The fraction of sp³-hybridized carbons (Fsp3) is 1.00. The van der Waals surface area contributed by atoms with Crippen molar-refractivity contribution in [3.63, 3.8) is 0 Å². The van der Waals surface area contributed by atoms with Crippen LogP contribution in [-0.4, -0.2) is 25.8 Å². The van der Waals surface area contributed by atoms with Crippen LogP contribution in [0.15, 0.2) is 0 Å². The summed E-state index contributed by atoms with van der Waals surface area (Å²) in [5.74, 6) is 0. The molecule has 2 fully saturated rings. The largest absolute Gasteiger partial charge is 0.378 e. The minimum absolute atomic E-state index is 0.596. The zero-order valence-electron chi connectivity index (χ0n) is 9.35. The second kappa shape index (κ2) is 4.63. The molecule has 1 spiro atoms. The zero-order chi connectivity index (χ0) is 9.86. The minimum Gasteiger partial charge on any atom is -0.378 e. The Labute approximate surface area is 87.4 Å². The van der Waals surface area contributed by atoms with E-state index >= 15 is 0 Å². The lowest BCUT2D eigenvalue weighted by atomic mass is 9.63. The van der Waals surface area contributed by atoms with E-state index in [1.54, 1.807) is 0 Å². The van der Waals surface area contributed by atoms with E-state index in [2.05, 4.69) is 12.2 Å².